The molecule has 9 heteroatoms. The van der Waals surface area contributed by atoms with Crippen LogP contribution in [0.5, 0.6) is 11.5 Å². The van der Waals surface area contributed by atoms with Gasteiger partial charge in [0.2, 0.25) is 11.8 Å². The summed E-state index contributed by atoms with van der Waals surface area (Å²) in [5.41, 5.74) is 0.420. The molecule has 4 amide bonds. The Morgan fingerprint density at radius 1 is 1.20 bits per heavy atom. The van der Waals surface area contributed by atoms with Gasteiger partial charge >= 0.3 is 6.03 Å². The molecule has 0 atom stereocenters. The van der Waals surface area contributed by atoms with E-state index in [9.17, 15) is 19.2 Å². The van der Waals surface area contributed by atoms with Crippen LogP contribution < -0.4 is 20.1 Å². The van der Waals surface area contributed by atoms with Crippen molar-refractivity contribution >= 4 is 23.6 Å². The minimum absolute atomic E-state index is 0.0711. The van der Waals surface area contributed by atoms with Gasteiger partial charge in [-0.25, -0.2) is 4.79 Å². The third-order valence-corrected chi connectivity index (χ3v) is 3.44. The maximum Gasteiger partial charge on any atom is 0.328 e. The number of ketones is 1. The van der Waals surface area contributed by atoms with E-state index >= 15 is 0 Å². The molecule has 2 N–H and O–H groups in total. The number of imide groups is 2. The van der Waals surface area contributed by atoms with Gasteiger partial charge in [-0.1, -0.05) is 0 Å². The lowest BCUT2D eigenvalue weighted by molar-refractivity contribution is -0.142. The molecule has 25 heavy (non-hydrogen) atoms. The third kappa shape index (κ3) is 4.32. The van der Waals surface area contributed by atoms with Crippen molar-refractivity contribution in [3.05, 3.63) is 23.8 Å². The summed E-state index contributed by atoms with van der Waals surface area (Å²) in [6.07, 6.45) is 0.186. The molecule has 1 aromatic rings. The highest BCUT2D eigenvalue weighted by atomic mass is 16.5. The molecule has 2 rings (SSSR count). The molecule has 0 unspecified atom stereocenters. The van der Waals surface area contributed by atoms with Gasteiger partial charge in [-0.05, 0) is 18.6 Å². The number of carbonyl (C=O) groups is 4. The van der Waals surface area contributed by atoms with Gasteiger partial charge in [0.15, 0.2) is 23.2 Å². The first kappa shape index (κ1) is 17.9. The van der Waals surface area contributed by atoms with Crippen LogP contribution in [0.1, 0.15) is 18.4 Å². The molecular weight excluding hydrogens is 330 g/mol. The van der Waals surface area contributed by atoms with Crippen LogP contribution in [0.4, 0.5) is 4.79 Å². The molecule has 0 bridgehead atoms. The fourth-order valence-corrected chi connectivity index (χ4v) is 2.24. The molecule has 1 saturated heterocycles. The zero-order valence-electron chi connectivity index (χ0n) is 13.3. The van der Waals surface area contributed by atoms with Gasteiger partial charge in [-0.2, -0.15) is 5.26 Å². The molecular formula is C16H15N3O6. The van der Waals surface area contributed by atoms with E-state index in [2.05, 4.69) is 0 Å². The van der Waals surface area contributed by atoms with Crippen LogP contribution >= 0.6 is 0 Å². The van der Waals surface area contributed by atoms with Gasteiger partial charge in [0, 0.05) is 12.5 Å². The quantitative estimate of drug-likeness (QED) is 0.535. The molecule has 1 fully saturated rings. The Labute approximate surface area is 142 Å². The summed E-state index contributed by atoms with van der Waals surface area (Å²) in [5, 5.41) is 12.6. The normalized spacial score (nSPS) is 14.3. The molecule has 0 aromatic heterocycles. The number of benzene rings is 1. The Morgan fingerprint density at radius 3 is 2.48 bits per heavy atom. The molecule has 0 spiro atoms. The zero-order valence-corrected chi connectivity index (χ0v) is 13.3. The number of carbonyl (C=O) groups excluding carboxylic acids is 4. The molecule has 1 aromatic carbocycles. The maximum atomic E-state index is 12.0. The average molecular weight is 345 g/mol. The van der Waals surface area contributed by atoms with Crippen LogP contribution in [0.3, 0.4) is 0 Å². The second kappa shape index (κ2) is 7.92. The number of Topliss-reactive ketones (excluding diaryl/α,β-unsaturated/α-hetero) is 1. The standard InChI is InChI=1S/C16H15N3O6/c1-24-12-7-9(8-17)4-5-11(12)25-6-2-3-10(20)13-14(21)18-16(23)19-15(13)22/h4-5,7,13H,2-3,6H2,1H3,(H2,18,19,21,22,23). The van der Waals surface area contributed by atoms with E-state index in [4.69, 9.17) is 14.7 Å². The molecule has 1 aliphatic rings. The third-order valence-electron chi connectivity index (χ3n) is 3.44. The number of hydrogen-bond donors (Lipinski definition) is 2. The second-order valence-corrected chi connectivity index (χ2v) is 5.14. The SMILES string of the molecule is COc1cc(C#N)ccc1OCCCC(=O)C1C(=O)NC(=O)NC1=O. The van der Waals surface area contributed by atoms with Crippen molar-refractivity contribution in [2.24, 2.45) is 5.92 Å². The van der Waals surface area contributed by atoms with Crippen LogP contribution in [0.2, 0.25) is 0 Å². The van der Waals surface area contributed by atoms with E-state index in [1.54, 1.807) is 12.1 Å². The number of methoxy groups -OCH3 is 1. The minimum atomic E-state index is -1.53. The highest BCUT2D eigenvalue weighted by Gasteiger charge is 2.39. The lowest BCUT2D eigenvalue weighted by atomic mass is 9.97. The first-order valence-electron chi connectivity index (χ1n) is 7.35. The highest BCUT2D eigenvalue weighted by Crippen LogP contribution is 2.28. The predicted molar refractivity (Wildman–Crippen MR) is 82.6 cm³/mol. The van der Waals surface area contributed by atoms with Gasteiger partial charge in [-0.3, -0.25) is 25.0 Å². The van der Waals surface area contributed by atoms with Crippen LogP contribution in [0.15, 0.2) is 18.2 Å². The number of ether oxygens (including phenoxy) is 2. The van der Waals surface area contributed by atoms with Crippen LogP contribution in [-0.4, -0.2) is 37.3 Å². The number of rotatable bonds is 7. The Bertz CT molecular complexity index is 748. The molecule has 1 heterocycles. The largest absolute Gasteiger partial charge is 0.493 e. The minimum Gasteiger partial charge on any atom is -0.493 e. The van der Waals surface area contributed by atoms with E-state index in [0.29, 0.717) is 17.1 Å². The Morgan fingerprint density at radius 2 is 1.88 bits per heavy atom. The predicted octanol–water partition coefficient (Wildman–Crippen LogP) is 0.277. The van der Waals surface area contributed by atoms with E-state index in [1.165, 1.54) is 13.2 Å². The lowest BCUT2D eigenvalue weighted by Crippen LogP contribution is -2.57. The van der Waals surface area contributed by atoms with Crippen molar-refractivity contribution in [2.75, 3.05) is 13.7 Å². The van der Waals surface area contributed by atoms with Crippen molar-refractivity contribution in [1.29, 1.82) is 5.26 Å². The zero-order chi connectivity index (χ0) is 18.4. The van der Waals surface area contributed by atoms with E-state index in [0.717, 1.165) is 0 Å². The van der Waals surface area contributed by atoms with Crippen LogP contribution in [0, 0.1) is 17.2 Å². The van der Waals surface area contributed by atoms with Crippen LogP contribution in [0.25, 0.3) is 0 Å². The van der Waals surface area contributed by atoms with Gasteiger partial charge in [0.05, 0.1) is 25.3 Å². The van der Waals surface area contributed by atoms with E-state index in [-0.39, 0.29) is 19.4 Å². The molecule has 1 aliphatic heterocycles. The number of amides is 4. The summed E-state index contributed by atoms with van der Waals surface area (Å²) in [6, 6.07) is 5.71. The number of hydrogen-bond acceptors (Lipinski definition) is 7. The average Bonchev–Trinajstić information content (AvgIpc) is 2.57. The van der Waals surface area contributed by atoms with Crippen molar-refractivity contribution in [3.8, 4) is 17.6 Å². The smallest absolute Gasteiger partial charge is 0.328 e. The Kier molecular flexibility index (Phi) is 5.68. The number of barbiturate groups is 1. The Balaban J connectivity index is 1.86. The molecule has 0 radical (unpaired) electrons. The summed E-state index contributed by atoms with van der Waals surface area (Å²) in [4.78, 5) is 46.1. The number of nitriles is 1. The van der Waals surface area contributed by atoms with Gasteiger partial charge < -0.3 is 9.47 Å². The van der Waals surface area contributed by atoms with Crippen molar-refractivity contribution in [3.63, 3.8) is 0 Å². The van der Waals surface area contributed by atoms with Gasteiger partial charge in [0.1, 0.15) is 0 Å². The van der Waals surface area contributed by atoms with E-state index in [1.807, 2.05) is 16.7 Å². The summed E-state index contributed by atoms with van der Waals surface area (Å²) >= 11 is 0. The number of nitrogens with zero attached hydrogens (tertiary/aromatic N) is 1. The second-order valence-electron chi connectivity index (χ2n) is 5.14. The van der Waals surface area contributed by atoms with Crippen molar-refractivity contribution < 1.29 is 28.7 Å². The Hall–Kier alpha value is -3.41. The summed E-state index contributed by atoms with van der Waals surface area (Å²) in [7, 11) is 1.44. The maximum absolute atomic E-state index is 12.0. The fourth-order valence-electron chi connectivity index (χ4n) is 2.24. The summed E-state index contributed by atoms with van der Waals surface area (Å²) < 4.78 is 10.6. The van der Waals surface area contributed by atoms with Crippen molar-refractivity contribution in [1.82, 2.24) is 10.6 Å². The summed E-state index contributed by atoms with van der Waals surface area (Å²) in [5.74, 6) is -3.18. The molecule has 9 nitrogen and oxygen atoms in total. The fraction of sp³-hybridized carbons (Fsp3) is 0.312. The van der Waals surface area contributed by atoms with E-state index < -0.39 is 29.5 Å². The molecule has 0 saturated carbocycles. The van der Waals surface area contributed by atoms with Crippen molar-refractivity contribution in [2.45, 2.75) is 12.8 Å². The topological polar surface area (TPSA) is 135 Å². The monoisotopic (exact) mass is 345 g/mol. The first-order valence-corrected chi connectivity index (χ1v) is 7.35. The molecule has 0 aliphatic carbocycles. The molecule has 130 valence electrons. The van der Waals surface area contributed by atoms with Gasteiger partial charge in [0.25, 0.3) is 0 Å². The summed E-state index contributed by atoms with van der Waals surface area (Å²) in [6.45, 7) is 0.142. The van der Waals surface area contributed by atoms with Gasteiger partial charge in [-0.15, -0.1) is 0 Å². The lowest BCUT2D eigenvalue weighted by Gasteiger charge is -2.19. The number of nitrogens with one attached hydrogen (secondary N) is 2. The van der Waals surface area contributed by atoms with Crippen LogP contribution in [-0.2, 0) is 14.4 Å². The first-order chi connectivity index (χ1) is 12.0. The number of urea groups is 1. The highest BCUT2D eigenvalue weighted by molar-refractivity contribution is 6.26.